The highest BCUT2D eigenvalue weighted by Gasteiger charge is 2.09. The topological polar surface area (TPSA) is 106 Å². The van der Waals surface area contributed by atoms with Gasteiger partial charge in [0.1, 0.15) is 17.6 Å². The molecule has 0 fully saturated rings. The van der Waals surface area contributed by atoms with Crippen molar-refractivity contribution >= 4 is 33.4 Å². The van der Waals surface area contributed by atoms with Crippen LogP contribution in [0.1, 0.15) is 0 Å². The van der Waals surface area contributed by atoms with Crippen molar-refractivity contribution in [2.24, 2.45) is 0 Å². The maximum absolute atomic E-state index is 12.0. The molecular weight excluding hydrogens is 268 g/mol. The molecule has 2 N–H and O–H groups in total. The number of rotatable bonds is 3. The van der Waals surface area contributed by atoms with E-state index in [-0.39, 0.29) is 24.0 Å². The van der Waals surface area contributed by atoms with Gasteiger partial charge in [0.25, 0.3) is 5.56 Å². The van der Waals surface area contributed by atoms with Crippen molar-refractivity contribution in [3.63, 3.8) is 0 Å². The molecule has 3 heterocycles. The first kappa shape index (κ1) is 11.5. The Hall–Kier alpha value is -2.55. The van der Waals surface area contributed by atoms with Crippen LogP contribution in [0.5, 0.6) is 0 Å². The Morgan fingerprint density at radius 3 is 3.16 bits per heavy atom. The largest absolute Gasteiger partial charge is 0.293 e. The predicted octanol–water partition coefficient (Wildman–Crippen LogP) is 0.215. The number of fused-ring (bicyclic) bond motifs is 1. The summed E-state index contributed by atoms with van der Waals surface area (Å²) in [5.41, 5.74) is 0.412. The van der Waals surface area contributed by atoms with E-state index >= 15 is 0 Å². The fourth-order valence-corrected chi connectivity index (χ4v) is 2.38. The van der Waals surface area contributed by atoms with Crippen molar-refractivity contribution in [3.8, 4) is 0 Å². The first-order valence-corrected chi connectivity index (χ1v) is 6.20. The number of nitrogens with zero attached hydrogens (tertiary/aromatic N) is 4. The molecule has 0 aliphatic heterocycles. The minimum absolute atomic E-state index is 0.125. The summed E-state index contributed by atoms with van der Waals surface area (Å²) in [6, 6.07) is 1.76. The zero-order valence-corrected chi connectivity index (χ0v) is 10.3. The number of amides is 1. The van der Waals surface area contributed by atoms with E-state index in [9.17, 15) is 9.59 Å². The fourth-order valence-electron chi connectivity index (χ4n) is 1.58. The van der Waals surface area contributed by atoms with E-state index in [1.165, 1.54) is 28.6 Å². The van der Waals surface area contributed by atoms with Crippen LogP contribution < -0.4 is 10.9 Å². The van der Waals surface area contributed by atoms with Gasteiger partial charge in [-0.2, -0.15) is 10.1 Å². The Labute approximate surface area is 110 Å². The summed E-state index contributed by atoms with van der Waals surface area (Å²) in [5.74, 6) is -0.139. The highest BCUT2D eigenvalue weighted by molar-refractivity contribution is 7.17. The van der Waals surface area contributed by atoms with Gasteiger partial charge in [0.15, 0.2) is 0 Å². The molecule has 3 aromatic heterocycles. The minimum Gasteiger partial charge on any atom is -0.293 e. The fraction of sp³-hybridized carbons (Fsp3) is 0.100. The number of thiophene rings is 1. The van der Waals surface area contributed by atoms with E-state index in [1.54, 1.807) is 11.4 Å². The number of aromatic amines is 1. The number of nitrogens with one attached hydrogen (secondary N) is 2. The zero-order valence-electron chi connectivity index (χ0n) is 9.53. The highest BCUT2D eigenvalue weighted by Crippen LogP contribution is 2.12. The molecule has 3 aromatic rings. The van der Waals surface area contributed by atoms with E-state index < -0.39 is 0 Å². The molecule has 19 heavy (non-hydrogen) atoms. The first-order chi connectivity index (χ1) is 9.24. The number of H-pyrrole nitrogens is 1. The second kappa shape index (κ2) is 4.61. The molecule has 0 spiro atoms. The molecule has 0 saturated carbocycles. The summed E-state index contributed by atoms with van der Waals surface area (Å²) < 4.78 is 1.79. The Kier molecular flexibility index (Phi) is 2.80. The lowest BCUT2D eigenvalue weighted by Crippen LogP contribution is -2.27. The summed E-state index contributed by atoms with van der Waals surface area (Å²) >= 11 is 1.30. The zero-order chi connectivity index (χ0) is 13.2. The number of carbonyl (C=O) groups excluding carboxylic acids is 1. The number of anilines is 1. The van der Waals surface area contributed by atoms with E-state index in [1.807, 2.05) is 0 Å². The van der Waals surface area contributed by atoms with Crippen LogP contribution in [0.2, 0.25) is 0 Å². The lowest BCUT2D eigenvalue weighted by molar-refractivity contribution is -0.116. The second-order valence-corrected chi connectivity index (χ2v) is 4.61. The van der Waals surface area contributed by atoms with Gasteiger partial charge >= 0.3 is 0 Å². The predicted molar refractivity (Wildman–Crippen MR) is 68.9 cm³/mol. The third kappa shape index (κ3) is 2.22. The second-order valence-electron chi connectivity index (χ2n) is 3.69. The van der Waals surface area contributed by atoms with Crippen molar-refractivity contribution in [3.05, 3.63) is 34.5 Å². The Morgan fingerprint density at radius 1 is 1.47 bits per heavy atom. The molecule has 0 saturated heterocycles. The van der Waals surface area contributed by atoms with Crippen LogP contribution in [0, 0.1) is 0 Å². The molecule has 0 unspecified atom stereocenters. The SMILES string of the molecule is O=C(Cn1cnc2ccsc2c1=O)Nc1ncn[nH]1. The van der Waals surface area contributed by atoms with E-state index in [2.05, 4.69) is 25.5 Å². The van der Waals surface area contributed by atoms with Gasteiger partial charge in [0, 0.05) is 0 Å². The molecule has 8 nitrogen and oxygen atoms in total. The van der Waals surface area contributed by atoms with Crippen LogP contribution in [0.3, 0.4) is 0 Å². The standard InChI is InChI=1S/C10H8N6O2S/c17-7(14-10-11-4-13-15-10)3-16-5-12-6-1-2-19-8(6)9(16)18/h1-2,4-5H,3H2,(H2,11,13,14,15,17). The molecule has 0 aliphatic rings. The molecular formula is C10H8N6O2S. The number of aromatic nitrogens is 5. The molecule has 0 aromatic carbocycles. The van der Waals surface area contributed by atoms with Crippen LogP contribution in [-0.4, -0.2) is 30.6 Å². The van der Waals surface area contributed by atoms with Gasteiger partial charge in [-0.15, -0.1) is 11.3 Å². The summed E-state index contributed by atoms with van der Waals surface area (Å²) in [5, 5.41) is 10.4. The average Bonchev–Trinajstić information content (AvgIpc) is 3.03. The molecule has 3 rings (SSSR count). The van der Waals surface area contributed by atoms with E-state index in [4.69, 9.17) is 0 Å². The Balaban J connectivity index is 1.83. The molecule has 96 valence electrons. The van der Waals surface area contributed by atoms with Gasteiger partial charge < -0.3 is 0 Å². The number of hydrogen-bond acceptors (Lipinski definition) is 6. The van der Waals surface area contributed by atoms with Crippen LogP contribution in [0.4, 0.5) is 5.95 Å². The van der Waals surface area contributed by atoms with Crippen LogP contribution >= 0.6 is 11.3 Å². The summed E-state index contributed by atoms with van der Waals surface area (Å²) in [6.07, 6.45) is 2.64. The summed E-state index contributed by atoms with van der Waals surface area (Å²) in [4.78, 5) is 31.6. The third-order valence-electron chi connectivity index (χ3n) is 2.42. The van der Waals surface area contributed by atoms with Gasteiger partial charge in [-0.1, -0.05) is 0 Å². The quantitative estimate of drug-likeness (QED) is 0.711. The summed E-state index contributed by atoms with van der Waals surface area (Å²) in [7, 11) is 0. The Morgan fingerprint density at radius 2 is 2.37 bits per heavy atom. The summed E-state index contributed by atoms with van der Waals surface area (Å²) in [6.45, 7) is -0.125. The van der Waals surface area contributed by atoms with Gasteiger partial charge in [0.2, 0.25) is 11.9 Å². The van der Waals surface area contributed by atoms with Gasteiger partial charge in [-0.25, -0.2) is 10.1 Å². The monoisotopic (exact) mass is 276 g/mol. The lowest BCUT2D eigenvalue weighted by atomic mass is 10.4. The van der Waals surface area contributed by atoms with Crippen molar-refractivity contribution in [1.29, 1.82) is 0 Å². The third-order valence-corrected chi connectivity index (χ3v) is 3.31. The Bertz CT molecular complexity index is 775. The van der Waals surface area contributed by atoms with Crippen LogP contribution in [0.15, 0.2) is 28.9 Å². The number of carbonyl (C=O) groups is 1. The number of hydrogen-bond donors (Lipinski definition) is 2. The average molecular weight is 276 g/mol. The van der Waals surface area contributed by atoms with Crippen molar-refractivity contribution in [1.82, 2.24) is 24.7 Å². The maximum atomic E-state index is 12.0. The molecule has 0 bridgehead atoms. The van der Waals surface area contributed by atoms with Gasteiger partial charge in [-0.3, -0.25) is 19.5 Å². The molecule has 0 aliphatic carbocycles. The van der Waals surface area contributed by atoms with Gasteiger partial charge in [0.05, 0.1) is 11.8 Å². The van der Waals surface area contributed by atoms with E-state index in [0.29, 0.717) is 10.2 Å². The molecule has 0 radical (unpaired) electrons. The maximum Gasteiger partial charge on any atom is 0.271 e. The van der Waals surface area contributed by atoms with Crippen LogP contribution in [-0.2, 0) is 11.3 Å². The van der Waals surface area contributed by atoms with Crippen molar-refractivity contribution in [2.45, 2.75) is 6.54 Å². The van der Waals surface area contributed by atoms with Crippen LogP contribution in [0.25, 0.3) is 10.2 Å². The lowest BCUT2D eigenvalue weighted by Gasteiger charge is -2.04. The normalized spacial score (nSPS) is 10.7. The molecule has 1 amide bonds. The van der Waals surface area contributed by atoms with Gasteiger partial charge in [-0.05, 0) is 11.4 Å². The first-order valence-electron chi connectivity index (χ1n) is 5.32. The minimum atomic E-state index is -0.378. The molecule has 9 heteroatoms. The highest BCUT2D eigenvalue weighted by atomic mass is 32.1. The smallest absolute Gasteiger partial charge is 0.271 e. The molecule has 0 atom stereocenters. The van der Waals surface area contributed by atoms with Crippen molar-refractivity contribution < 1.29 is 4.79 Å². The van der Waals surface area contributed by atoms with Crippen molar-refractivity contribution in [2.75, 3.05) is 5.32 Å². The van der Waals surface area contributed by atoms with E-state index in [0.717, 1.165) is 0 Å².